The molecule has 0 radical (unpaired) electrons. The normalized spacial score (nSPS) is 15.4. The van der Waals surface area contributed by atoms with Crippen LogP contribution >= 0.6 is 27.5 Å². The average molecular weight is 500 g/mol. The highest BCUT2D eigenvalue weighted by molar-refractivity contribution is 9.10. The van der Waals surface area contributed by atoms with Crippen LogP contribution in [0.25, 0.3) is 0 Å². The van der Waals surface area contributed by atoms with Crippen molar-refractivity contribution >= 4 is 43.5 Å². The summed E-state index contributed by atoms with van der Waals surface area (Å²) in [4.78, 5) is 13.0. The molecule has 1 aliphatic heterocycles. The highest BCUT2D eigenvalue weighted by Crippen LogP contribution is 2.27. The molecule has 156 valence electrons. The lowest BCUT2D eigenvalue weighted by Gasteiger charge is -2.26. The number of nitrogens with zero attached hydrogens (tertiary/aromatic N) is 1. The Bertz CT molecular complexity index is 1020. The summed E-state index contributed by atoms with van der Waals surface area (Å²) >= 11 is 9.46. The Kier molecular flexibility index (Phi) is 6.73. The summed E-state index contributed by atoms with van der Waals surface area (Å²) in [6.45, 7) is 5.45. The number of rotatable bonds is 6. The summed E-state index contributed by atoms with van der Waals surface area (Å²) in [5, 5.41) is 3.57. The largest absolute Gasteiger partial charge is 0.351 e. The van der Waals surface area contributed by atoms with Crippen molar-refractivity contribution in [1.29, 1.82) is 0 Å². The maximum atomic E-state index is 12.8. The van der Waals surface area contributed by atoms with Gasteiger partial charge in [-0.15, -0.1) is 0 Å². The number of amides is 1. The number of nitrogens with one attached hydrogen (secondary N) is 1. The van der Waals surface area contributed by atoms with Crippen molar-refractivity contribution in [3.8, 4) is 0 Å². The highest BCUT2D eigenvalue weighted by Gasteiger charge is 2.29. The van der Waals surface area contributed by atoms with E-state index in [4.69, 9.17) is 11.6 Å². The molecule has 0 saturated carbocycles. The fourth-order valence-corrected chi connectivity index (χ4v) is 5.49. The van der Waals surface area contributed by atoms with E-state index in [0.29, 0.717) is 34.7 Å². The van der Waals surface area contributed by atoms with Gasteiger partial charge in [0.1, 0.15) is 0 Å². The van der Waals surface area contributed by atoms with Gasteiger partial charge in [0, 0.05) is 34.5 Å². The molecule has 1 amide bonds. The summed E-state index contributed by atoms with van der Waals surface area (Å²) in [6.07, 6.45) is 1.73. The third kappa shape index (κ3) is 5.02. The molecule has 29 heavy (non-hydrogen) atoms. The van der Waals surface area contributed by atoms with Crippen LogP contribution in [0.15, 0.2) is 51.8 Å². The molecule has 0 bridgehead atoms. The van der Waals surface area contributed by atoms with Crippen molar-refractivity contribution in [2.45, 2.75) is 37.0 Å². The first-order valence-corrected chi connectivity index (χ1v) is 12.1. The first kappa shape index (κ1) is 22.3. The molecule has 1 heterocycles. The molecule has 1 N–H and O–H groups in total. The zero-order chi connectivity index (χ0) is 21.2. The molecule has 2 aromatic carbocycles. The molecule has 3 rings (SSSR count). The van der Waals surface area contributed by atoms with Gasteiger partial charge in [0.05, 0.1) is 10.5 Å². The van der Waals surface area contributed by atoms with E-state index in [2.05, 4.69) is 21.2 Å². The first-order valence-electron chi connectivity index (χ1n) is 9.45. The number of benzene rings is 2. The van der Waals surface area contributed by atoms with Crippen LogP contribution < -0.4 is 5.32 Å². The summed E-state index contributed by atoms with van der Waals surface area (Å²) in [5.74, 6) is -0.328. The van der Waals surface area contributed by atoms with Crippen LogP contribution in [-0.4, -0.2) is 38.3 Å². The van der Waals surface area contributed by atoms with Crippen LogP contribution in [0, 0.1) is 0 Å². The number of carbonyl (C=O) groups is 1. The van der Waals surface area contributed by atoms with Gasteiger partial charge in [0.15, 0.2) is 0 Å². The number of hydrogen-bond donors (Lipinski definition) is 1. The molecule has 0 unspecified atom stereocenters. The van der Waals surface area contributed by atoms with Crippen LogP contribution in [0.3, 0.4) is 0 Å². The van der Waals surface area contributed by atoms with E-state index in [0.717, 1.165) is 18.4 Å². The quantitative estimate of drug-likeness (QED) is 0.632. The van der Waals surface area contributed by atoms with Gasteiger partial charge in [0.2, 0.25) is 10.0 Å². The van der Waals surface area contributed by atoms with Gasteiger partial charge >= 0.3 is 0 Å². The molecule has 1 fully saturated rings. The van der Waals surface area contributed by atoms with Gasteiger partial charge in [-0.05, 0) is 64.7 Å². The minimum Gasteiger partial charge on any atom is -0.351 e. The highest BCUT2D eigenvalue weighted by atomic mass is 79.9. The number of sulfonamides is 1. The minimum atomic E-state index is -3.58. The van der Waals surface area contributed by atoms with Gasteiger partial charge in [-0.3, -0.25) is 4.79 Å². The van der Waals surface area contributed by atoms with E-state index in [1.165, 1.54) is 16.4 Å². The van der Waals surface area contributed by atoms with E-state index in [9.17, 15) is 13.2 Å². The number of carbonyl (C=O) groups excluding carboxylic acids is 1. The first-order chi connectivity index (χ1) is 13.6. The van der Waals surface area contributed by atoms with Crippen molar-refractivity contribution in [2.24, 2.45) is 0 Å². The van der Waals surface area contributed by atoms with E-state index in [-0.39, 0.29) is 16.2 Å². The Morgan fingerprint density at radius 2 is 1.86 bits per heavy atom. The summed E-state index contributed by atoms with van der Waals surface area (Å²) in [7, 11) is -3.58. The zero-order valence-corrected chi connectivity index (χ0v) is 19.6. The Hall–Kier alpha value is -1.41. The summed E-state index contributed by atoms with van der Waals surface area (Å²) in [6, 6.07) is 12.1. The second-order valence-corrected chi connectivity index (χ2v) is 11.1. The van der Waals surface area contributed by atoms with Crippen molar-refractivity contribution < 1.29 is 13.2 Å². The lowest BCUT2D eigenvalue weighted by molar-refractivity contribution is 0.0944. The van der Waals surface area contributed by atoms with Gasteiger partial charge < -0.3 is 5.32 Å². The van der Waals surface area contributed by atoms with Crippen molar-refractivity contribution in [3.05, 3.63) is 63.1 Å². The van der Waals surface area contributed by atoms with Crippen molar-refractivity contribution in [3.63, 3.8) is 0 Å². The second-order valence-electron chi connectivity index (χ2n) is 7.83. The van der Waals surface area contributed by atoms with Crippen LogP contribution in [0.5, 0.6) is 0 Å². The molecular weight excluding hydrogens is 476 g/mol. The lowest BCUT2D eigenvalue weighted by Crippen LogP contribution is -2.37. The van der Waals surface area contributed by atoms with Crippen LogP contribution in [0.1, 0.15) is 42.6 Å². The van der Waals surface area contributed by atoms with E-state index in [1.807, 2.05) is 38.1 Å². The van der Waals surface area contributed by atoms with Crippen molar-refractivity contribution in [2.75, 3.05) is 19.6 Å². The molecule has 8 heteroatoms. The molecule has 0 aliphatic carbocycles. The van der Waals surface area contributed by atoms with Crippen LogP contribution in [0.4, 0.5) is 0 Å². The predicted molar refractivity (Wildman–Crippen MR) is 119 cm³/mol. The van der Waals surface area contributed by atoms with Crippen molar-refractivity contribution in [1.82, 2.24) is 9.62 Å². The molecule has 1 aliphatic rings. The van der Waals surface area contributed by atoms with E-state index < -0.39 is 10.0 Å². The van der Waals surface area contributed by atoms with Crippen LogP contribution in [0.2, 0.25) is 5.02 Å². The van der Waals surface area contributed by atoms with E-state index >= 15 is 0 Å². The maximum Gasteiger partial charge on any atom is 0.252 e. The Morgan fingerprint density at radius 3 is 2.52 bits per heavy atom. The molecule has 0 spiro atoms. The minimum absolute atomic E-state index is 0.141. The standard InChI is InChI=1S/C21H24BrClN2O3S/c1-21(2,15-6-5-7-16(23)12-15)14-24-20(26)18-13-17(8-9-19(18)22)29(27,28)25-10-3-4-11-25/h5-9,12-13H,3-4,10-11,14H2,1-2H3,(H,24,26). The van der Waals surface area contributed by atoms with Crippen LogP contribution in [-0.2, 0) is 15.4 Å². The Labute approximate surface area is 185 Å². The predicted octanol–water partition coefficient (Wildman–Crippen LogP) is 4.59. The second kappa shape index (κ2) is 8.76. The fraction of sp³-hybridized carbons (Fsp3) is 0.381. The van der Waals surface area contributed by atoms with E-state index in [1.54, 1.807) is 6.07 Å². The topological polar surface area (TPSA) is 66.5 Å². The van der Waals surface area contributed by atoms with Gasteiger partial charge in [-0.25, -0.2) is 8.42 Å². The maximum absolute atomic E-state index is 12.8. The van der Waals surface area contributed by atoms with Gasteiger partial charge in [-0.1, -0.05) is 37.6 Å². The smallest absolute Gasteiger partial charge is 0.252 e. The number of halogens is 2. The third-order valence-corrected chi connectivity index (χ3v) is 8.00. The summed E-state index contributed by atoms with van der Waals surface area (Å²) < 4.78 is 27.7. The molecule has 5 nitrogen and oxygen atoms in total. The third-order valence-electron chi connectivity index (χ3n) is 5.18. The molecular formula is C21H24BrClN2O3S. The Morgan fingerprint density at radius 1 is 1.17 bits per heavy atom. The average Bonchev–Trinajstić information content (AvgIpc) is 3.22. The summed E-state index contributed by atoms with van der Waals surface area (Å²) in [5.41, 5.74) is 0.966. The Balaban J connectivity index is 1.79. The fourth-order valence-electron chi connectivity index (χ4n) is 3.32. The molecule has 0 atom stereocenters. The van der Waals surface area contributed by atoms with Gasteiger partial charge in [-0.2, -0.15) is 4.31 Å². The molecule has 0 aromatic heterocycles. The lowest BCUT2D eigenvalue weighted by atomic mass is 9.84. The molecule has 1 saturated heterocycles. The zero-order valence-electron chi connectivity index (χ0n) is 16.4. The number of hydrogen-bond acceptors (Lipinski definition) is 3. The van der Waals surface area contributed by atoms with Gasteiger partial charge in [0.25, 0.3) is 5.91 Å². The SMILES string of the molecule is CC(C)(CNC(=O)c1cc(S(=O)(=O)N2CCCC2)ccc1Br)c1cccc(Cl)c1. The molecule has 2 aromatic rings. The monoisotopic (exact) mass is 498 g/mol.